The Labute approximate surface area is 160 Å². The van der Waals surface area contributed by atoms with Gasteiger partial charge in [-0.15, -0.1) is 0 Å². The maximum absolute atomic E-state index is 13.1. The Morgan fingerprint density at radius 1 is 1.19 bits per heavy atom. The maximum Gasteiger partial charge on any atom is 0.264 e. The standard InChI is InChI=1S/C20H24N2O4S/c1-15-8-4-5-11-18(15)19-12-7-13-22(19)20(23)16-9-6-10-17(14-16)27(24,25)21(2)26-3/h4-6,8-11,14,19H,7,12-13H2,1-3H3. The minimum atomic E-state index is -3.80. The molecule has 2 aromatic carbocycles. The van der Waals surface area contributed by atoms with Crippen LogP contribution >= 0.6 is 0 Å². The minimum absolute atomic E-state index is 0.0145. The number of carbonyl (C=O) groups excluding carboxylic acids is 1. The zero-order valence-corrected chi connectivity index (χ0v) is 16.6. The Morgan fingerprint density at radius 3 is 2.63 bits per heavy atom. The lowest BCUT2D eigenvalue weighted by atomic mass is 9.99. The van der Waals surface area contributed by atoms with E-state index in [2.05, 4.69) is 6.07 Å². The van der Waals surface area contributed by atoms with Gasteiger partial charge in [-0.25, -0.2) is 8.42 Å². The predicted molar refractivity (Wildman–Crippen MR) is 103 cm³/mol. The largest absolute Gasteiger partial charge is 0.332 e. The highest BCUT2D eigenvalue weighted by Crippen LogP contribution is 2.34. The third-order valence-electron chi connectivity index (χ3n) is 5.04. The quantitative estimate of drug-likeness (QED) is 0.738. The first-order chi connectivity index (χ1) is 12.9. The fourth-order valence-corrected chi connectivity index (χ4v) is 4.52. The van der Waals surface area contributed by atoms with Gasteiger partial charge in [0.2, 0.25) is 0 Å². The molecule has 0 bridgehead atoms. The molecule has 0 aliphatic carbocycles. The van der Waals surface area contributed by atoms with Gasteiger partial charge in [-0.3, -0.25) is 9.63 Å². The van der Waals surface area contributed by atoms with Crippen molar-refractivity contribution in [2.24, 2.45) is 0 Å². The lowest BCUT2D eigenvalue weighted by Crippen LogP contribution is -2.31. The molecule has 1 atom stereocenters. The molecule has 1 unspecified atom stereocenters. The molecular formula is C20H24N2O4S. The summed E-state index contributed by atoms with van der Waals surface area (Å²) >= 11 is 0. The van der Waals surface area contributed by atoms with Crippen molar-refractivity contribution in [3.05, 3.63) is 65.2 Å². The molecule has 1 saturated heterocycles. The van der Waals surface area contributed by atoms with Crippen molar-refractivity contribution >= 4 is 15.9 Å². The highest BCUT2D eigenvalue weighted by atomic mass is 32.2. The molecule has 6 nitrogen and oxygen atoms in total. The fraction of sp³-hybridized carbons (Fsp3) is 0.350. The second kappa shape index (κ2) is 7.80. The number of aryl methyl sites for hydroxylation is 1. The van der Waals surface area contributed by atoms with Crippen LogP contribution in [-0.2, 0) is 14.9 Å². The number of hydrogen-bond acceptors (Lipinski definition) is 4. The number of amides is 1. The molecule has 0 spiro atoms. The van der Waals surface area contributed by atoms with E-state index in [0.717, 1.165) is 28.4 Å². The highest BCUT2D eigenvalue weighted by Gasteiger charge is 2.32. The molecule has 1 amide bonds. The predicted octanol–water partition coefficient (Wildman–Crippen LogP) is 3.15. The van der Waals surface area contributed by atoms with Crippen LogP contribution in [0.2, 0.25) is 0 Å². The Hall–Kier alpha value is -2.22. The molecule has 7 heteroatoms. The van der Waals surface area contributed by atoms with Gasteiger partial charge in [0, 0.05) is 19.2 Å². The Morgan fingerprint density at radius 2 is 1.93 bits per heavy atom. The lowest BCUT2D eigenvalue weighted by Gasteiger charge is -2.26. The van der Waals surface area contributed by atoms with E-state index in [1.165, 1.54) is 26.3 Å². The number of hydrogen-bond donors (Lipinski definition) is 0. The Bertz CT molecular complexity index is 943. The van der Waals surface area contributed by atoms with E-state index >= 15 is 0 Å². The van der Waals surface area contributed by atoms with E-state index in [1.807, 2.05) is 30.0 Å². The van der Waals surface area contributed by atoms with Crippen molar-refractivity contribution < 1.29 is 18.0 Å². The third kappa shape index (κ3) is 3.76. The SMILES string of the molecule is CON(C)S(=O)(=O)c1cccc(C(=O)N2CCCC2c2ccccc2C)c1. The highest BCUT2D eigenvalue weighted by molar-refractivity contribution is 7.89. The first kappa shape index (κ1) is 19.5. The van der Waals surface area contributed by atoms with Gasteiger partial charge in [-0.2, -0.15) is 0 Å². The van der Waals surface area contributed by atoms with E-state index in [1.54, 1.807) is 12.1 Å². The molecular weight excluding hydrogens is 364 g/mol. The number of hydroxylamine groups is 1. The Kier molecular flexibility index (Phi) is 5.64. The van der Waals surface area contributed by atoms with E-state index in [0.29, 0.717) is 12.1 Å². The van der Waals surface area contributed by atoms with Gasteiger partial charge in [-0.05, 0) is 49.1 Å². The molecule has 0 saturated carbocycles. The first-order valence-electron chi connectivity index (χ1n) is 8.86. The van der Waals surface area contributed by atoms with Crippen molar-refractivity contribution in [1.29, 1.82) is 0 Å². The van der Waals surface area contributed by atoms with E-state index < -0.39 is 10.0 Å². The van der Waals surface area contributed by atoms with Crippen molar-refractivity contribution in [2.75, 3.05) is 20.7 Å². The molecule has 27 heavy (non-hydrogen) atoms. The summed E-state index contributed by atoms with van der Waals surface area (Å²) in [5.74, 6) is -0.155. The third-order valence-corrected chi connectivity index (χ3v) is 6.71. The number of likely N-dealkylation sites (tertiary alicyclic amines) is 1. The van der Waals surface area contributed by atoms with Crippen LogP contribution in [0.15, 0.2) is 53.4 Å². The zero-order chi connectivity index (χ0) is 19.6. The molecule has 1 heterocycles. The molecule has 2 aromatic rings. The normalized spacial score (nSPS) is 17.5. The second-order valence-electron chi connectivity index (χ2n) is 6.64. The van der Waals surface area contributed by atoms with E-state index in [9.17, 15) is 13.2 Å². The van der Waals surface area contributed by atoms with Crippen molar-refractivity contribution in [1.82, 2.24) is 9.37 Å². The van der Waals surface area contributed by atoms with Gasteiger partial charge in [-0.1, -0.05) is 34.8 Å². The molecule has 1 aliphatic heterocycles. The number of benzene rings is 2. The van der Waals surface area contributed by atoms with Crippen LogP contribution < -0.4 is 0 Å². The van der Waals surface area contributed by atoms with Crippen molar-refractivity contribution in [3.8, 4) is 0 Å². The summed E-state index contributed by atoms with van der Waals surface area (Å²) in [6.07, 6.45) is 1.83. The average molecular weight is 388 g/mol. The zero-order valence-electron chi connectivity index (χ0n) is 15.8. The van der Waals surface area contributed by atoms with E-state index in [4.69, 9.17) is 4.84 Å². The van der Waals surface area contributed by atoms with Crippen molar-refractivity contribution in [3.63, 3.8) is 0 Å². The van der Waals surface area contributed by atoms with Crippen molar-refractivity contribution in [2.45, 2.75) is 30.7 Å². The van der Waals surface area contributed by atoms with Crippen LogP contribution in [0.5, 0.6) is 0 Å². The summed E-state index contributed by atoms with van der Waals surface area (Å²) < 4.78 is 25.7. The summed E-state index contributed by atoms with van der Waals surface area (Å²) in [5, 5.41) is 0. The number of sulfonamides is 1. The maximum atomic E-state index is 13.1. The summed E-state index contributed by atoms with van der Waals surface area (Å²) in [6.45, 7) is 2.71. The Balaban J connectivity index is 1.92. The van der Waals surface area contributed by atoms with Crippen LogP contribution in [-0.4, -0.2) is 44.4 Å². The average Bonchev–Trinajstić information content (AvgIpc) is 3.16. The molecule has 1 fully saturated rings. The number of nitrogens with zero attached hydrogens (tertiary/aromatic N) is 2. The monoisotopic (exact) mass is 388 g/mol. The van der Waals surface area contributed by atoms with Gasteiger partial charge >= 0.3 is 0 Å². The molecule has 3 rings (SSSR count). The smallest absolute Gasteiger partial charge is 0.264 e. The van der Waals surface area contributed by atoms with Gasteiger partial charge in [0.05, 0.1) is 18.0 Å². The molecule has 0 aromatic heterocycles. The molecule has 0 radical (unpaired) electrons. The van der Waals surface area contributed by atoms with E-state index in [-0.39, 0.29) is 16.8 Å². The van der Waals surface area contributed by atoms with Crippen LogP contribution in [0, 0.1) is 6.92 Å². The van der Waals surface area contributed by atoms with Crippen LogP contribution in [0.3, 0.4) is 0 Å². The van der Waals surface area contributed by atoms with Gasteiger partial charge in [0.25, 0.3) is 15.9 Å². The first-order valence-corrected chi connectivity index (χ1v) is 10.3. The number of carbonyl (C=O) groups is 1. The van der Waals surface area contributed by atoms with Gasteiger partial charge in [0.15, 0.2) is 0 Å². The second-order valence-corrected chi connectivity index (χ2v) is 8.57. The minimum Gasteiger partial charge on any atom is -0.332 e. The summed E-state index contributed by atoms with van der Waals surface area (Å²) in [6, 6.07) is 14.2. The van der Waals surface area contributed by atoms with Gasteiger partial charge < -0.3 is 4.90 Å². The fourth-order valence-electron chi connectivity index (χ4n) is 3.50. The number of rotatable bonds is 5. The van der Waals surface area contributed by atoms with Crippen LogP contribution in [0.4, 0.5) is 0 Å². The van der Waals surface area contributed by atoms with Crippen LogP contribution in [0.25, 0.3) is 0 Å². The van der Waals surface area contributed by atoms with Crippen LogP contribution in [0.1, 0.15) is 40.4 Å². The summed E-state index contributed by atoms with van der Waals surface area (Å²) in [5.41, 5.74) is 2.66. The topological polar surface area (TPSA) is 66.9 Å². The molecule has 1 aliphatic rings. The molecule has 0 N–H and O–H groups in total. The summed E-state index contributed by atoms with van der Waals surface area (Å²) in [4.78, 5) is 19.8. The summed E-state index contributed by atoms with van der Waals surface area (Å²) in [7, 11) is -1.20. The van der Waals surface area contributed by atoms with Gasteiger partial charge in [0.1, 0.15) is 0 Å². The lowest BCUT2D eigenvalue weighted by molar-refractivity contribution is -0.0258. The molecule has 144 valence electrons.